The van der Waals surface area contributed by atoms with Gasteiger partial charge in [0.1, 0.15) is 0 Å². The van der Waals surface area contributed by atoms with Crippen molar-refractivity contribution in [2.24, 2.45) is 0 Å². The molecule has 0 unspecified atom stereocenters. The second-order valence-corrected chi connectivity index (χ2v) is 23.7. The highest BCUT2D eigenvalue weighted by Gasteiger charge is 2.45. The first-order valence-electron chi connectivity index (χ1n) is 28.1. The van der Waals surface area contributed by atoms with Crippen molar-refractivity contribution in [1.29, 1.82) is 0 Å². The lowest BCUT2D eigenvalue weighted by molar-refractivity contribution is 0.150. The summed E-state index contributed by atoms with van der Waals surface area (Å²) in [7, 11) is -3.60. The van der Waals surface area contributed by atoms with Crippen molar-refractivity contribution in [2.75, 3.05) is 0 Å². The van der Waals surface area contributed by atoms with E-state index in [4.69, 9.17) is 4.18 Å². The van der Waals surface area contributed by atoms with E-state index in [-0.39, 0.29) is 0 Å². The third kappa shape index (κ3) is 8.42. The van der Waals surface area contributed by atoms with Gasteiger partial charge in [0.2, 0.25) is 0 Å². The van der Waals surface area contributed by atoms with E-state index in [2.05, 4.69) is 291 Å². The molecule has 15 aromatic rings. The third-order valence-corrected chi connectivity index (χ3v) is 19.9. The van der Waals surface area contributed by atoms with Gasteiger partial charge in [0.25, 0.3) is 0 Å². The lowest BCUT2D eigenvalue weighted by Crippen LogP contribution is -2.16. The molecule has 0 atom stereocenters. The molecule has 0 heterocycles. The molecule has 0 aliphatic heterocycles. The van der Waals surface area contributed by atoms with Crippen LogP contribution in [0.1, 0.15) is 0 Å². The Balaban J connectivity index is 1.24. The summed E-state index contributed by atoms with van der Waals surface area (Å²) in [6.07, 6.45) is -1.39. The van der Waals surface area contributed by atoms with Gasteiger partial charge in [-0.3, -0.25) is 0 Å². The minimum atomic E-state index is -3.60. The molecule has 392 valence electrons. The monoisotopic (exact) mass is 1080 g/mol. The highest BCUT2D eigenvalue weighted by atomic mass is 32.3. The highest BCUT2D eigenvalue weighted by Crippen LogP contribution is 2.77. The van der Waals surface area contributed by atoms with Crippen molar-refractivity contribution < 1.29 is 14.1 Å². The molecule has 0 fully saturated rings. The zero-order valence-corrected chi connectivity index (χ0v) is 45.9. The second-order valence-electron chi connectivity index (χ2n) is 21.2. The zero-order chi connectivity index (χ0) is 55.4. The molecule has 0 saturated heterocycles. The topological polar surface area (TPSA) is 46.5 Å². The molecule has 0 aliphatic carbocycles. The van der Waals surface area contributed by atoms with Gasteiger partial charge in [-0.25, -0.2) is 4.79 Å². The van der Waals surface area contributed by atoms with Crippen molar-refractivity contribution in [1.82, 2.24) is 0 Å². The fourth-order valence-corrected chi connectivity index (χ4v) is 16.6. The number of carbonyl (C=O) groups is 1. The molecular formula is C79H52O3S. The Morgan fingerprint density at radius 1 is 0.253 bits per heavy atom. The van der Waals surface area contributed by atoms with Crippen molar-refractivity contribution in [2.45, 2.75) is 14.7 Å². The fraction of sp³-hybridized carbons (Fsp3) is 0. The van der Waals surface area contributed by atoms with Crippen molar-refractivity contribution in [3.05, 3.63) is 309 Å². The predicted molar refractivity (Wildman–Crippen MR) is 348 cm³/mol. The van der Waals surface area contributed by atoms with Gasteiger partial charge in [0, 0.05) is 14.7 Å². The maximum Gasteiger partial charge on any atom is 0.517 e. The van der Waals surface area contributed by atoms with Gasteiger partial charge in [0.15, 0.2) is 0 Å². The van der Waals surface area contributed by atoms with Gasteiger partial charge < -0.3 is 9.29 Å². The lowest BCUT2D eigenvalue weighted by Gasteiger charge is -2.44. The third-order valence-electron chi connectivity index (χ3n) is 16.5. The minimum absolute atomic E-state index is 0.726. The molecule has 1 N–H and O–H groups in total. The molecular weight excluding hydrogens is 1030 g/mol. The van der Waals surface area contributed by atoms with E-state index in [0.717, 1.165) is 146 Å². The van der Waals surface area contributed by atoms with E-state index in [1.165, 1.54) is 0 Å². The van der Waals surface area contributed by atoms with E-state index in [0.29, 0.717) is 0 Å². The molecule has 0 radical (unpaired) electrons. The Kier molecular flexibility index (Phi) is 12.3. The standard InChI is InChI=1S/C79H52O3S/c80-79(81)82-83(60-34-2-1-3-35-60,77-73(69-44-18-30-54-24-6-12-38-63(54)69)48-58(67-42-16-28-52-22-4-10-36-61(52)67)49-74(77)70-45-19-31-55-25-7-13-39-64(55)70)78-75(71-46-20-32-56-26-8-14-40-65(56)71)50-59(68-43-17-29-53-23-5-11-37-62(53)68)51-76(78)72-47-21-33-57-27-9-15-41-66(57)72/h1-51H,(H,80,81). The second kappa shape index (κ2) is 20.5. The minimum Gasteiger partial charge on any atom is -0.449 e. The molecule has 0 spiro atoms. The van der Waals surface area contributed by atoms with Crippen LogP contribution in [0.5, 0.6) is 0 Å². The normalized spacial score (nSPS) is 11.9. The van der Waals surface area contributed by atoms with Gasteiger partial charge in [-0.15, -0.1) is 0 Å². The molecule has 4 heteroatoms. The van der Waals surface area contributed by atoms with E-state index < -0.39 is 16.5 Å². The number of rotatable bonds is 10. The maximum absolute atomic E-state index is 15.0. The van der Waals surface area contributed by atoms with Gasteiger partial charge >= 0.3 is 6.16 Å². The predicted octanol–water partition coefficient (Wildman–Crippen LogP) is 22.5. The lowest BCUT2D eigenvalue weighted by atomic mass is 9.88. The Bertz CT molecular complexity index is 4540. The summed E-state index contributed by atoms with van der Waals surface area (Å²) >= 11 is 0. The summed E-state index contributed by atoms with van der Waals surface area (Å²) in [5, 5.41) is 25.1. The molecule has 0 aliphatic rings. The summed E-state index contributed by atoms with van der Waals surface area (Å²) in [6, 6.07) is 110. The van der Waals surface area contributed by atoms with Crippen LogP contribution in [0.4, 0.5) is 4.79 Å². The Hall–Kier alpha value is -10.5. The van der Waals surface area contributed by atoms with E-state index in [9.17, 15) is 5.11 Å². The van der Waals surface area contributed by atoms with Crippen LogP contribution < -0.4 is 0 Å². The van der Waals surface area contributed by atoms with Gasteiger partial charge in [-0.2, -0.15) is 0 Å². The number of carboxylic acid groups (broad SMARTS) is 1. The number of fused-ring (bicyclic) bond motifs is 6. The Morgan fingerprint density at radius 3 is 0.759 bits per heavy atom. The zero-order valence-electron chi connectivity index (χ0n) is 45.1. The Morgan fingerprint density at radius 2 is 0.482 bits per heavy atom. The SMILES string of the molecule is O=C(O)OS(c1ccccc1)(c1c(-c2cccc3ccccc23)cc(-c2cccc3ccccc23)cc1-c1cccc2ccccc12)c1c(-c2cccc3ccccc23)cc(-c2cccc3ccccc23)cc1-c1cccc2ccccc12. The number of benzene rings is 15. The molecule has 0 amide bonds. The van der Waals surface area contributed by atoms with Crippen molar-refractivity contribution in [3.63, 3.8) is 0 Å². The average Bonchev–Trinajstić information content (AvgIpc) is 3.00. The molecule has 83 heavy (non-hydrogen) atoms. The van der Waals surface area contributed by atoms with Crippen LogP contribution in [0.3, 0.4) is 0 Å². The molecule has 0 bridgehead atoms. The average molecular weight is 1080 g/mol. The van der Waals surface area contributed by atoms with Crippen LogP contribution in [-0.4, -0.2) is 11.3 Å². The largest absolute Gasteiger partial charge is 0.517 e. The van der Waals surface area contributed by atoms with Gasteiger partial charge in [-0.05, 0) is 178 Å². The van der Waals surface area contributed by atoms with Crippen LogP contribution in [0.2, 0.25) is 0 Å². The molecule has 15 aromatic carbocycles. The van der Waals surface area contributed by atoms with Crippen LogP contribution in [-0.2, 0) is 4.18 Å². The van der Waals surface area contributed by atoms with Crippen molar-refractivity contribution in [3.8, 4) is 66.8 Å². The summed E-state index contributed by atoms with van der Waals surface area (Å²) in [5.41, 5.74) is 11.4. The quantitative estimate of drug-likeness (QED) is 0.148. The van der Waals surface area contributed by atoms with Crippen LogP contribution in [0.25, 0.3) is 131 Å². The van der Waals surface area contributed by atoms with Gasteiger partial charge in [0.05, 0.1) is 0 Å². The molecule has 15 rings (SSSR count). The first kappa shape index (κ1) is 49.5. The van der Waals surface area contributed by atoms with Crippen LogP contribution in [0, 0.1) is 0 Å². The summed E-state index contributed by atoms with van der Waals surface area (Å²) < 4.78 is 7.52. The fourth-order valence-electron chi connectivity index (χ4n) is 13.0. The van der Waals surface area contributed by atoms with E-state index >= 15 is 4.79 Å². The van der Waals surface area contributed by atoms with Gasteiger partial charge in [-0.1, -0.05) is 273 Å². The first-order chi connectivity index (χ1) is 41.0. The number of hydrogen-bond acceptors (Lipinski definition) is 2. The van der Waals surface area contributed by atoms with E-state index in [1.54, 1.807) is 0 Å². The highest BCUT2D eigenvalue weighted by molar-refractivity contribution is 8.30. The smallest absolute Gasteiger partial charge is 0.449 e. The Labute approximate surface area is 483 Å². The van der Waals surface area contributed by atoms with Crippen LogP contribution >= 0.6 is 10.3 Å². The molecule has 3 nitrogen and oxygen atoms in total. The molecule has 0 aromatic heterocycles. The van der Waals surface area contributed by atoms with E-state index in [1.807, 2.05) is 18.2 Å². The summed E-state index contributed by atoms with van der Waals surface area (Å²) in [6.45, 7) is 0. The number of hydrogen-bond donors (Lipinski definition) is 1. The molecule has 0 saturated carbocycles. The summed E-state index contributed by atoms with van der Waals surface area (Å²) in [4.78, 5) is 17.3. The first-order valence-corrected chi connectivity index (χ1v) is 29.6. The van der Waals surface area contributed by atoms with Crippen LogP contribution in [0.15, 0.2) is 324 Å². The summed E-state index contributed by atoms with van der Waals surface area (Å²) in [5.74, 6) is 0. The maximum atomic E-state index is 15.0. The van der Waals surface area contributed by atoms with Crippen molar-refractivity contribution >= 4 is 81.1 Å².